The van der Waals surface area contributed by atoms with Crippen LogP contribution in [-0.4, -0.2) is 18.2 Å². The molecule has 1 heterocycles. The first-order valence-electron chi connectivity index (χ1n) is 14.9. The van der Waals surface area contributed by atoms with E-state index in [1.54, 1.807) is 0 Å². The van der Waals surface area contributed by atoms with Crippen molar-refractivity contribution < 1.29 is 18.7 Å². The highest BCUT2D eigenvalue weighted by Gasteiger charge is 2.47. The third-order valence-corrected chi connectivity index (χ3v) is 8.06. The van der Waals surface area contributed by atoms with Gasteiger partial charge in [0.15, 0.2) is 5.60 Å². The van der Waals surface area contributed by atoms with Crippen molar-refractivity contribution in [3.05, 3.63) is 162 Å². The van der Waals surface area contributed by atoms with Crippen molar-refractivity contribution >= 4 is 22.5 Å². The summed E-state index contributed by atoms with van der Waals surface area (Å²) in [4.78, 5) is 13.8. The molecular weight excluding hydrogens is 532 g/mol. The lowest BCUT2D eigenvalue weighted by atomic mass is 9.80. The highest BCUT2D eigenvalue weighted by Crippen LogP contribution is 2.47. The van der Waals surface area contributed by atoms with Crippen molar-refractivity contribution in [3.8, 4) is 0 Å². The lowest BCUT2D eigenvalue weighted by molar-refractivity contribution is -0.188. The van der Waals surface area contributed by atoms with Crippen molar-refractivity contribution in [2.75, 3.05) is 6.61 Å². The van der Waals surface area contributed by atoms with Gasteiger partial charge in [-0.3, -0.25) is 0 Å². The molecule has 0 radical (unpaired) electrons. The topological polar surface area (TPSA) is 48.7 Å². The molecule has 2 unspecified atom stereocenters. The summed E-state index contributed by atoms with van der Waals surface area (Å²) >= 11 is 0. The standard InChI is InChI=1S/C39H36O4/c1-3-41-37(40)38(2,28-30-17-9-5-10-18-30)43-39(25-23-32(24-26-39)31-19-11-6-12-20-31)36-33-21-13-14-22-34(33)42-35(36)27-29-15-7-4-8-16-29/h4-25H,3,26-28H2,1-2H3. The van der Waals surface area contributed by atoms with Crippen LogP contribution in [0.1, 0.15) is 48.3 Å². The predicted octanol–water partition coefficient (Wildman–Crippen LogP) is 8.84. The van der Waals surface area contributed by atoms with Crippen LogP contribution in [0.3, 0.4) is 0 Å². The summed E-state index contributed by atoms with van der Waals surface area (Å²) in [5, 5.41) is 0.973. The number of hydrogen-bond donors (Lipinski definition) is 0. The van der Waals surface area contributed by atoms with Crippen molar-refractivity contribution in [3.63, 3.8) is 0 Å². The molecule has 4 aromatic carbocycles. The first-order chi connectivity index (χ1) is 21.0. The Morgan fingerprint density at radius 1 is 0.837 bits per heavy atom. The first kappa shape index (κ1) is 28.4. The fraction of sp³-hybridized carbons (Fsp3) is 0.205. The lowest BCUT2D eigenvalue weighted by Gasteiger charge is -2.41. The number of esters is 1. The average molecular weight is 569 g/mol. The number of carbonyl (C=O) groups is 1. The van der Waals surface area contributed by atoms with E-state index in [0.29, 0.717) is 19.3 Å². The Morgan fingerprint density at radius 3 is 2.12 bits per heavy atom. The van der Waals surface area contributed by atoms with Crippen LogP contribution in [0.5, 0.6) is 0 Å². The molecule has 0 saturated carbocycles. The number of fused-ring (bicyclic) bond motifs is 1. The molecule has 0 aliphatic heterocycles. The van der Waals surface area contributed by atoms with Crippen molar-refractivity contribution in [2.45, 2.75) is 44.3 Å². The van der Waals surface area contributed by atoms with Crippen molar-refractivity contribution in [2.24, 2.45) is 0 Å². The van der Waals surface area contributed by atoms with Gasteiger partial charge in [0.25, 0.3) is 0 Å². The zero-order chi connectivity index (χ0) is 29.7. The quantitative estimate of drug-likeness (QED) is 0.158. The van der Waals surface area contributed by atoms with E-state index < -0.39 is 11.2 Å². The summed E-state index contributed by atoms with van der Waals surface area (Å²) in [5.41, 5.74) is 3.83. The average Bonchev–Trinajstić information content (AvgIpc) is 3.41. The number of allylic oxidation sites excluding steroid dienone is 2. The molecule has 216 valence electrons. The second-order valence-electron chi connectivity index (χ2n) is 11.2. The minimum atomic E-state index is -1.28. The highest BCUT2D eigenvalue weighted by molar-refractivity contribution is 5.86. The maximum absolute atomic E-state index is 13.8. The summed E-state index contributed by atoms with van der Waals surface area (Å²) in [5.74, 6) is 0.432. The van der Waals surface area contributed by atoms with Gasteiger partial charge >= 0.3 is 5.97 Å². The molecule has 1 aromatic heterocycles. The van der Waals surface area contributed by atoms with Crippen LogP contribution >= 0.6 is 0 Å². The maximum atomic E-state index is 13.8. The molecule has 0 amide bonds. The number of furan rings is 1. The molecular formula is C39H36O4. The van der Waals surface area contributed by atoms with Crippen LogP contribution in [0.4, 0.5) is 0 Å². The molecule has 6 rings (SSSR count). The molecule has 0 spiro atoms. The second-order valence-corrected chi connectivity index (χ2v) is 11.2. The van der Waals surface area contributed by atoms with E-state index in [0.717, 1.165) is 44.6 Å². The molecule has 0 fully saturated rings. The van der Waals surface area contributed by atoms with Crippen LogP contribution in [0.15, 0.2) is 138 Å². The van der Waals surface area contributed by atoms with Gasteiger partial charge in [-0.15, -0.1) is 0 Å². The van der Waals surface area contributed by atoms with Gasteiger partial charge in [0.1, 0.15) is 16.9 Å². The van der Waals surface area contributed by atoms with E-state index >= 15 is 0 Å². The predicted molar refractivity (Wildman–Crippen MR) is 172 cm³/mol. The van der Waals surface area contributed by atoms with Gasteiger partial charge in [0, 0.05) is 30.2 Å². The molecule has 43 heavy (non-hydrogen) atoms. The SMILES string of the molecule is CCOC(=O)C(C)(Cc1ccccc1)OC1(c2c(Cc3ccccc3)oc3ccccc23)C=CC(c2ccccc2)=CC1. The minimum absolute atomic E-state index is 0.265. The molecule has 0 saturated heterocycles. The summed E-state index contributed by atoms with van der Waals surface area (Å²) in [6.45, 7) is 3.94. The molecule has 1 aliphatic rings. The molecule has 1 aliphatic carbocycles. The Hall–Kier alpha value is -4.67. The fourth-order valence-electron chi connectivity index (χ4n) is 6.07. The van der Waals surface area contributed by atoms with E-state index in [-0.39, 0.29) is 12.6 Å². The van der Waals surface area contributed by atoms with Gasteiger partial charge in [-0.1, -0.05) is 121 Å². The molecule has 2 atom stereocenters. The van der Waals surface area contributed by atoms with Gasteiger partial charge in [0.2, 0.25) is 0 Å². The van der Waals surface area contributed by atoms with E-state index in [2.05, 4.69) is 48.6 Å². The number of rotatable bonds is 10. The van der Waals surface area contributed by atoms with Gasteiger partial charge in [-0.05, 0) is 48.3 Å². The Labute approximate surface area is 253 Å². The van der Waals surface area contributed by atoms with Gasteiger partial charge in [0.05, 0.1) is 6.61 Å². The van der Waals surface area contributed by atoms with Crippen LogP contribution < -0.4 is 0 Å². The molecule has 0 bridgehead atoms. The zero-order valence-electron chi connectivity index (χ0n) is 24.7. The third-order valence-electron chi connectivity index (χ3n) is 8.06. The summed E-state index contributed by atoms with van der Waals surface area (Å²) in [6.07, 6.45) is 7.90. The van der Waals surface area contributed by atoms with Crippen molar-refractivity contribution in [1.29, 1.82) is 0 Å². The Bertz CT molecular complexity index is 1750. The minimum Gasteiger partial charge on any atom is -0.464 e. The molecule has 4 nitrogen and oxygen atoms in total. The number of carbonyl (C=O) groups excluding carboxylic acids is 1. The Kier molecular flexibility index (Phi) is 8.13. The summed E-state index contributed by atoms with van der Waals surface area (Å²) < 4.78 is 19.5. The maximum Gasteiger partial charge on any atom is 0.338 e. The third kappa shape index (κ3) is 5.97. The Balaban J connectivity index is 1.52. The van der Waals surface area contributed by atoms with E-state index in [9.17, 15) is 4.79 Å². The smallest absolute Gasteiger partial charge is 0.338 e. The van der Waals surface area contributed by atoms with Crippen LogP contribution in [0.25, 0.3) is 16.5 Å². The molecule has 5 aromatic rings. The number of ether oxygens (including phenoxy) is 2. The van der Waals surface area contributed by atoms with Crippen LogP contribution in [0.2, 0.25) is 0 Å². The zero-order valence-corrected chi connectivity index (χ0v) is 24.7. The molecule has 0 N–H and O–H groups in total. The molecule has 4 heteroatoms. The van der Waals surface area contributed by atoms with Crippen LogP contribution in [0, 0.1) is 0 Å². The van der Waals surface area contributed by atoms with Crippen LogP contribution in [-0.2, 0) is 32.7 Å². The monoisotopic (exact) mass is 568 g/mol. The Morgan fingerprint density at radius 2 is 1.47 bits per heavy atom. The normalized spacial score (nSPS) is 17.8. The first-order valence-corrected chi connectivity index (χ1v) is 14.9. The number of para-hydroxylation sites is 1. The van der Waals surface area contributed by atoms with Gasteiger partial charge in [-0.25, -0.2) is 4.79 Å². The summed E-state index contributed by atoms with van der Waals surface area (Å²) in [7, 11) is 0. The van der Waals surface area contributed by atoms with E-state index in [4.69, 9.17) is 13.9 Å². The van der Waals surface area contributed by atoms with Gasteiger partial charge in [-0.2, -0.15) is 0 Å². The van der Waals surface area contributed by atoms with E-state index in [1.807, 2.05) is 98.8 Å². The lowest BCUT2D eigenvalue weighted by Crippen LogP contribution is -2.48. The largest absolute Gasteiger partial charge is 0.464 e. The second kappa shape index (κ2) is 12.3. The fourth-order valence-corrected chi connectivity index (χ4v) is 6.07. The van der Waals surface area contributed by atoms with E-state index in [1.165, 1.54) is 0 Å². The number of benzene rings is 4. The van der Waals surface area contributed by atoms with Gasteiger partial charge < -0.3 is 13.9 Å². The number of hydrogen-bond acceptors (Lipinski definition) is 4. The highest BCUT2D eigenvalue weighted by atomic mass is 16.6. The van der Waals surface area contributed by atoms with Crippen molar-refractivity contribution in [1.82, 2.24) is 0 Å². The summed E-state index contributed by atoms with van der Waals surface area (Å²) in [6, 6.07) is 38.7.